The van der Waals surface area contributed by atoms with E-state index < -0.39 is 0 Å². The lowest BCUT2D eigenvalue weighted by atomic mass is 10.0. The molecule has 0 radical (unpaired) electrons. The maximum Gasteiger partial charge on any atom is 0.231 e. The Morgan fingerprint density at radius 2 is 1.62 bits per heavy atom. The van der Waals surface area contributed by atoms with Crippen LogP contribution >= 0.6 is 11.8 Å². The number of benzene rings is 3. The molecule has 0 spiro atoms. The zero-order valence-corrected chi connectivity index (χ0v) is 23.2. The molecule has 202 valence electrons. The molecule has 1 unspecified atom stereocenters. The second-order valence-electron chi connectivity index (χ2n) is 10.4. The number of rotatable bonds is 9. The Morgan fingerprint density at radius 1 is 0.923 bits per heavy atom. The summed E-state index contributed by atoms with van der Waals surface area (Å²) in [6.07, 6.45) is 7.27. The SMILES string of the molecule is O=C(CC1CSc2ccccc2N(CC=Cc2ccccc2)C1=O)NC1CCN(CCc2ccccc2)CC1. The highest BCUT2D eigenvalue weighted by molar-refractivity contribution is 7.99. The molecule has 1 fully saturated rings. The molecule has 5 nitrogen and oxygen atoms in total. The van der Waals surface area contributed by atoms with Gasteiger partial charge in [0.25, 0.3) is 0 Å². The van der Waals surface area contributed by atoms with Gasteiger partial charge in [0.2, 0.25) is 11.8 Å². The molecule has 5 rings (SSSR count). The summed E-state index contributed by atoms with van der Waals surface area (Å²) in [5.74, 6) is 0.275. The predicted molar refractivity (Wildman–Crippen MR) is 161 cm³/mol. The van der Waals surface area contributed by atoms with E-state index in [1.807, 2.05) is 65.6 Å². The number of thioether (sulfide) groups is 1. The van der Waals surface area contributed by atoms with E-state index in [0.717, 1.165) is 55.0 Å². The van der Waals surface area contributed by atoms with Gasteiger partial charge in [-0.05, 0) is 42.5 Å². The van der Waals surface area contributed by atoms with E-state index in [1.165, 1.54) is 5.56 Å². The van der Waals surface area contributed by atoms with Crippen molar-refractivity contribution in [2.24, 2.45) is 5.92 Å². The van der Waals surface area contributed by atoms with Gasteiger partial charge in [-0.2, -0.15) is 0 Å². The lowest BCUT2D eigenvalue weighted by molar-refractivity contribution is -0.128. The molecular formula is C33H37N3O2S. The second kappa shape index (κ2) is 13.6. The van der Waals surface area contributed by atoms with Crippen LogP contribution < -0.4 is 10.2 Å². The first kappa shape index (κ1) is 27.2. The number of para-hydroxylation sites is 1. The normalized spacial score (nSPS) is 18.6. The summed E-state index contributed by atoms with van der Waals surface area (Å²) >= 11 is 1.67. The molecule has 0 bridgehead atoms. The minimum Gasteiger partial charge on any atom is -0.353 e. The van der Waals surface area contributed by atoms with Crippen LogP contribution in [0.1, 0.15) is 30.4 Å². The van der Waals surface area contributed by atoms with E-state index in [9.17, 15) is 9.59 Å². The van der Waals surface area contributed by atoms with Crippen molar-refractivity contribution in [1.82, 2.24) is 10.2 Å². The Balaban J connectivity index is 1.14. The summed E-state index contributed by atoms with van der Waals surface area (Å²) in [7, 11) is 0. The molecule has 2 aliphatic rings. The first-order valence-corrected chi connectivity index (χ1v) is 14.9. The number of amides is 2. The quantitative estimate of drug-likeness (QED) is 0.381. The molecule has 0 aromatic heterocycles. The molecule has 0 saturated carbocycles. The summed E-state index contributed by atoms with van der Waals surface area (Å²) in [6.45, 7) is 3.51. The third kappa shape index (κ3) is 7.61. The largest absolute Gasteiger partial charge is 0.353 e. The van der Waals surface area contributed by atoms with Crippen LogP contribution in [0.3, 0.4) is 0 Å². The maximum atomic E-state index is 13.7. The molecule has 6 heteroatoms. The van der Waals surface area contributed by atoms with Crippen molar-refractivity contribution in [3.63, 3.8) is 0 Å². The van der Waals surface area contributed by atoms with Crippen molar-refractivity contribution in [3.05, 3.63) is 102 Å². The molecule has 2 heterocycles. The maximum absolute atomic E-state index is 13.7. The molecule has 2 amide bonds. The minimum atomic E-state index is -0.349. The third-order valence-corrected chi connectivity index (χ3v) is 8.78. The first-order chi connectivity index (χ1) is 19.2. The number of fused-ring (bicyclic) bond motifs is 1. The number of likely N-dealkylation sites (tertiary alicyclic amines) is 1. The third-order valence-electron chi connectivity index (χ3n) is 7.55. The van der Waals surface area contributed by atoms with E-state index in [2.05, 4.69) is 46.6 Å². The van der Waals surface area contributed by atoms with Gasteiger partial charge in [-0.15, -0.1) is 11.8 Å². The number of anilines is 1. The molecule has 0 aliphatic carbocycles. The number of nitrogens with zero attached hydrogens (tertiary/aromatic N) is 2. The molecule has 3 aromatic rings. The van der Waals surface area contributed by atoms with Crippen molar-refractivity contribution in [2.45, 2.75) is 36.6 Å². The lowest BCUT2D eigenvalue weighted by Crippen LogP contribution is -2.46. The van der Waals surface area contributed by atoms with E-state index in [-0.39, 0.29) is 30.2 Å². The van der Waals surface area contributed by atoms with Gasteiger partial charge in [-0.3, -0.25) is 9.59 Å². The Kier molecular flexibility index (Phi) is 9.52. The van der Waals surface area contributed by atoms with Crippen molar-refractivity contribution in [3.8, 4) is 0 Å². The molecule has 1 atom stereocenters. The van der Waals surface area contributed by atoms with Crippen LogP contribution in [-0.2, 0) is 16.0 Å². The molecule has 2 aliphatic heterocycles. The van der Waals surface area contributed by atoms with Crippen LogP contribution in [0.25, 0.3) is 6.08 Å². The van der Waals surface area contributed by atoms with E-state index in [4.69, 9.17) is 0 Å². The fourth-order valence-corrected chi connectivity index (χ4v) is 6.48. The first-order valence-electron chi connectivity index (χ1n) is 14.0. The van der Waals surface area contributed by atoms with E-state index in [0.29, 0.717) is 12.3 Å². The number of carbonyl (C=O) groups is 2. The van der Waals surface area contributed by atoms with Crippen LogP contribution in [0.15, 0.2) is 95.9 Å². The Morgan fingerprint density at radius 3 is 2.38 bits per heavy atom. The Labute approximate surface area is 236 Å². The van der Waals surface area contributed by atoms with Gasteiger partial charge in [0.1, 0.15) is 0 Å². The van der Waals surface area contributed by atoms with Crippen LogP contribution in [0, 0.1) is 5.92 Å². The van der Waals surface area contributed by atoms with Gasteiger partial charge < -0.3 is 15.1 Å². The monoisotopic (exact) mass is 539 g/mol. The fourth-order valence-electron chi connectivity index (χ4n) is 5.34. The lowest BCUT2D eigenvalue weighted by Gasteiger charge is -2.32. The van der Waals surface area contributed by atoms with Crippen LogP contribution in [0.2, 0.25) is 0 Å². The topological polar surface area (TPSA) is 52.7 Å². The number of nitrogens with one attached hydrogen (secondary N) is 1. The Hall–Kier alpha value is -3.35. The minimum absolute atomic E-state index is 0.0116. The van der Waals surface area contributed by atoms with Gasteiger partial charge in [0, 0.05) is 49.3 Å². The van der Waals surface area contributed by atoms with Crippen LogP contribution in [0.4, 0.5) is 5.69 Å². The zero-order chi connectivity index (χ0) is 26.9. The van der Waals surface area contributed by atoms with Crippen LogP contribution in [0.5, 0.6) is 0 Å². The predicted octanol–water partition coefficient (Wildman–Crippen LogP) is 5.67. The van der Waals surface area contributed by atoms with Crippen molar-refractivity contribution in [2.75, 3.05) is 36.8 Å². The highest BCUT2D eigenvalue weighted by Crippen LogP contribution is 2.36. The van der Waals surface area contributed by atoms with Gasteiger partial charge in [-0.1, -0.05) is 84.9 Å². The average Bonchev–Trinajstić information content (AvgIpc) is 3.10. The summed E-state index contributed by atoms with van der Waals surface area (Å²) in [6, 6.07) is 28.9. The second-order valence-corrected chi connectivity index (χ2v) is 11.4. The summed E-state index contributed by atoms with van der Waals surface area (Å²) in [5, 5.41) is 3.24. The number of hydrogen-bond acceptors (Lipinski definition) is 4. The summed E-state index contributed by atoms with van der Waals surface area (Å²) in [4.78, 5) is 32.2. The molecular weight excluding hydrogens is 502 g/mol. The molecule has 1 N–H and O–H groups in total. The highest BCUT2D eigenvalue weighted by Gasteiger charge is 2.32. The van der Waals surface area contributed by atoms with Crippen molar-refractivity contribution < 1.29 is 9.59 Å². The number of piperidine rings is 1. The van der Waals surface area contributed by atoms with Gasteiger partial charge in [-0.25, -0.2) is 0 Å². The van der Waals surface area contributed by atoms with Crippen LogP contribution in [-0.4, -0.2) is 54.7 Å². The van der Waals surface area contributed by atoms with Gasteiger partial charge >= 0.3 is 0 Å². The van der Waals surface area contributed by atoms with Gasteiger partial charge in [0.05, 0.1) is 11.6 Å². The summed E-state index contributed by atoms with van der Waals surface area (Å²) in [5.41, 5.74) is 3.39. The smallest absolute Gasteiger partial charge is 0.231 e. The Bertz CT molecular complexity index is 1260. The van der Waals surface area contributed by atoms with Gasteiger partial charge in [0.15, 0.2) is 0 Å². The number of hydrogen-bond donors (Lipinski definition) is 1. The highest BCUT2D eigenvalue weighted by atomic mass is 32.2. The number of carbonyl (C=O) groups excluding carboxylic acids is 2. The molecule has 1 saturated heterocycles. The van der Waals surface area contributed by atoms with E-state index >= 15 is 0 Å². The standard InChI is InChI=1S/C33H37N3O2S/c37-32(34-29-18-22-35(23-19-29)21-17-27-12-5-2-6-13-27)24-28-25-39-31-16-8-7-15-30(31)36(33(28)38)20-9-14-26-10-3-1-4-11-26/h1-16,28-29H,17-25H2,(H,34,37). The van der Waals surface area contributed by atoms with Crippen molar-refractivity contribution in [1.29, 1.82) is 0 Å². The molecule has 3 aromatic carbocycles. The molecule has 39 heavy (non-hydrogen) atoms. The van der Waals surface area contributed by atoms with E-state index in [1.54, 1.807) is 11.8 Å². The zero-order valence-electron chi connectivity index (χ0n) is 22.4. The average molecular weight is 540 g/mol. The van der Waals surface area contributed by atoms with Crippen molar-refractivity contribution >= 4 is 35.3 Å². The summed E-state index contributed by atoms with van der Waals surface area (Å²) < 4.78 is 0. The fraction of sp³-hybridized carbons (Fsp3) is 0.333.